The maximum absolute atomic E-state index is 12.6. The number of hydrogen-bond acceptors (Lipinski definition) is 4. The summed E-state index contributed by atoms with van der Waals surface area (Å²) in [4.78, 5) is 16.0. The Bertz CT molecular complexity index is 422. The molecule has 3 nitrogen and oxygen atoms in total. The van der Waals surface area contributed by atoms with Gasteiger partial charge in [-0.05, 0) is 42.7 Å². The fraction of sp³-hybridized carbons (Fsp3) is 0.688. The van der Waals surface area contributed by atoms with Gasteiger partial charge in [0.05, 0.1) is 6.04 Å². The maximum atomic E-state index is 12.6. The lowest BCUT2D eigenvalue weighted by atomic mass is 10.1. The Labute approximate surface area is 136 Å². The molecule has 2 unspecified atom stereocenters. The van der Waals surface area contributed by atoms with E-state index in [1.165, 1.54) is 17.1 Å². The number of unbranched alkanes of at least 4 members (excludes halogenated alkanes) is 2. The van der Waals surface area contributed by atoms with Gasteiger partial charge in [0.15, 0.2) is 0 Å². The number of thiophene rings is 1. The molecule has 1 amide bonds. The van der Waals surface area contributed by atoms with Gasteiger partial charge in [-0.15, -0.1) is 11.3 Å². The van der Waals surface area contributed by atoms with Crippen LogP contribution in [0.15, 0.2) is 17.5 Å². The number of nitrogens with zero attached hydrogens (tertiary/aromatic N) is 1. The van der Waals surface area contributed by atoms with Crippen LogP contribution in [0.4, 0.5) is 0 Å². The predicted molar refractivity (Wildman–Crippen MR) is 92.8 cm³/mol. The van der Waals surface area contributed by atoms with Crippen LogP contribution in [0, 0.1) is 0 Å². The summed E-state index contributed by atoms with van der Waals surface area (Å²) in [5.41, 5.74) is 0. The molecule has 1 aliphatic heterocycles. The molecule has 5 heteroatoms. The monoisotopic (exact) mass is 326 g/mol. The van der Waals surface area contributed by atoms with Gasteiger partial charge in [-0.25, -0.2) is 0 Å². The average Bonchev–Trinajstić information content (AvgIpc) is 3.11. The van der Waals surface area contributed by atoms with Crippen molar-refractivity contribution in [2.45, 2.75) is 51.2 Å². The van der Waals surface area contributed by atoms with Crippen LogP contribution in [-0.2, 0) is 4.79 Å². The molecule has 1 aliphatic rings. The first kappa shape index (κ1) is 16.8. The summed E-state index contributed by atoms with van der Waals surface area (Å²) in [6, 6.07) is 4.21. The first-order valence-electron chi connectivity index (χ1n) is 7.86. The Kier molecular flexibility index (Phi) is 7.07. The summed E-state index contributed by atoms with van der Waals surface area (Å²) in [5.74, 6) is 1.48. The molecule has 21 heavy (non-hydrogen) atoms. The summed E-state index contributed by atoms with van der Waals surface area (Å²) < 4.78 is 0. The van der Waals surface area contributed by atoms with Crippen molar-refractivity contribution in [1.82, 2.24) is 10.2 Å². The third-order valence-corrected chi connectivity index (χ3v) is 5.53. The smallest absolute Gasteiger partial charge is 0.241 e. The van der Waals surface area contributed by atoms with Crippen LogP contribution in [0.25, 0.3) is 0 Å². The topological polar surface area (TPSA) is 32.3 Å². The minimum atomic E-state index is 0.0117. The molecule has 0 saturated carbocycles. The maximum Gasteiger partial charge on any atom is 0.241 e. The van der Waals surface area contributed by atoms with Gasteiger partial charge in [0.2, 0.25) is 5.91 Å². The van der Waals surface area contributed by atoms with E-state index in [1.54, 1.807) is 11.3 Å². The number of rotatable bonds is 9. The number of carbonyl (C=O) groups excluding carboxylic acids is 1. The van der Waals surface area contributed by atoms with Crippen molar-refractivity contribution in [2.75, 3.05) is 18.6 Å². The highest BCUT2D eigenvalue weighted by Crippen LogP contribution is 2.30. The number of nitrogens with one attached hydrogen (secondary N) is 1. The van der Waals surface area contributed by atoms with E-state index in [9.17, 15) is 4.79 Å². The van der Waals surface area contributed by atoms with Crippen molar-refractivity contribution in [3.63, 3.8) is 0 Å². The van der Waals surface area contributed by atoms with Crippen LogP contribution < -0.4 is 5.32 Å². The molecule has 1 aromatic heterocycles. The van der Waals surface area contributed by atoms with Crippen LogP contribution in [0.2, 0.25) is 0 Å². The average molecular weight is 327 g/mol. The Morgan fingerprint density at radius 2 is 2.24 bits per heavy atom. The van der Waals surface area contributed by atoms with Gasteiger partial charge in [-0.3, -0.25) is 10.1 Å². The van der Waals surface area contributed by atoms with Gasteiger partial charge in [0.1, 0.15) is 6.17 Å². The second-order valence-corrected chi connectivity index (χ2v) is 7.48. The third-order valence-electron chi connectivity index (χ3n) is 3.91. The van der Waals surface area contributed by atoms with E-state index in [4.69, 9.17) is 0 Å². The highest BCUT2D eigenvalue weighted by Gasteiger charge is 2.38. The van der Waals surface area contributed by atoms with Crippen molar-refractivity contribution in [3.05, 3.63) is 22.4 Å². The first-order chi connectivity index (χ1) is 10.3. The van der Waals surface area contributed by atoms with Crippen molar-refractivity contribution in [2.24, 2.45) is 0 Å². The second kappa shape index (κ2) is 8.81. The van der Waals surface area contributed by atoms with E-state index in [1.807, 2.05) is 11.8 Å². The second-order valence-electron chi connectivity index (χ2n) is 5.51. The van der Waals surface area contributed by atoms with Crippen molar-refractivity contribution >= 4 is 29.0 Å². The van der Waals surface area contributed by atoms with Crippen LogP contribution >= 0.6 is 23.1 Å². The molecule has 118 valence electrons. The van der Waals surface area contributed by atoms with E-state index in [0.717, 1.165) is 32.2 Å². The summed E-state index contributed by atoms with van der Waals surface area (Å²) in [5, 5.41) is 5.64. The molecule has 0 aromatic carbocycles. The highest BCUT2D eigenvalue weighted by atomic mass is 32.2. The quantitative estimate of drug-likeness (QED) is 0.699. The van der Waals surface area contributed by atoms with Gasteiger partial charge in [0, 0.05) is 11.4 Å². The Morgan fingerprint density at radius 1 is 1.38 bits per heavy atom. The van der Waals surface area contributed by atoms with E-state index < -0.39 is 0 Å². The molecule has 1 saturated heterocycles. The van der Waals surface area contributed by atoms with Gasteiger partial charge >= 0.3 is 0 Å². The lowest BCUT2D eigenvalue weighted by Crippen LogP contribution is -2.31. The normalized spacial score (nSPS) is 22.2. The number of hydrogen-bond donors (Lipinski definition) is 1. The van der Waals surface area contributed by atoms with Crippen LogP contribution in [0.3, 0.4) is 0 Å². The summed E-state index contributed by atoms with van der Waals surface area (Å²) >= 11 is 3.61. The molecule has 1 N–H and O–H groups in total. The highest BCUT2D eigenvalue weighted by molar-refractivity contribution is 7.98. The standard InChI is InChI=1S/C16H26N2OS2/c1-3-4-8-13-16(19)18(10-5-6-11-20-2)15(17-13)14-9-7-12-21-14/h7,9,12-13,15,17H,3-6,8,10-11H2,1-2H3. The number of carbonyl (C=O) groups is 1. The Hall–Kier alpha value is -0.520. The lowest BCUT2D eigenvalue weighted by Gasteiger charge is -2.23. The fourth-order valence-electron chi connectivity index (χ4n) is 2.74. The molecule has 2 atom stereocenters. The summed E-state index contributed by atoms with van der Waals surface area (Å²) in [6.45, 7) is 3.05. The van der Waals surface area contributed by atoms with E-state index in [2.05, 4.69) is 40.9 Å². The van der Waals surface area contributed by atoms with Gasteiger partial charge < -0.3 is 4.90 Å². The van der Waals surface area contributed by atoms with Crippen molar-refractivity contribution in [3.8, 4) is 0 Å². The molecule has 2 rings (SSSR count). The zero-order valence-corrected chi connectivity index (χ0v) is 14.6. The first-order valence-corrected chi connectivity index (χ1v) is 10.1. The molecule has 0 radical (unpaired) electrons. The molecule has 2 heterocycles. The SMILES string of the molecule is CCCCC1NC(c2cccs2)N(CCCCSC)C1=O. The molecule has 0 bridgehead atoms. The zero-order valence-electron chi connectivity index (χ0n) is 13.0. The summed E-state index contributed by atoms with van der Waals surface area (Å²) in [7, 11) is 0. The summed E-state index contributed by atoms with van der Waals surface area (Å²) in [6.07, 6.45) is 7.71. The van der Waals surface area contributed by atoms with Crippen LogP contribution in [0.1, 0.15) is 50.1 Å². The molecular formula is C16H26N2OS2. The molecule has 1 fully saturated rings. The number of thioether (sulfide) groups is 1. The Balaban J connectivity index is 1.99. The fourth-order valence-corrected chi connectivity index (χ4v) is 4.03. The van der Waals surface area contributed by atoms with Crippen LogP contribution in [0.5, 0.6) is 0 Å². The van der Waals surface area contributed by atoms with Gasteiger partial charge in [-0.1, -0.05) is 25.8 Å². The van der Waals surface area contributed by atoms with E-state index in [0.29, 0.717) is 5.91 Å². The lowest BCUT2D eigenvalue weighted by molar-refractivity contribution is -0.130. The van der Waals surface area contributed by atoms with Gasteiger partial charge in [-0.2, -0.15) is 11.8 Å². The molecule has 0 aliphatic carbocycles. The number of amides is 1. The minimum absolute atomic E-state index is 0.0117. The zero-order chi connectivity index (χ0) is 15.1. The largest absolute Gasteiger partial charge is 0.321 e. The molecular weight excluding hydrogens is 300 g/mol. The molecule has 0 spiro atoms. The van der Waals surface area contributed by atoms with Gasteiger partial charge in [0.25, 0.3) is 0 Å². The molecule has 1 aromatic rings. The predicted octanol–water partition coefficient (Wildman–Crippen LogP) is 3.88. The van der Waals surface area contributed by atoms with Crippen molar-refractivity contribution in [1.29, 1.82) is 0 Å². The van der Waals surface area contributed by atoms with Crippen LogP contribution in [-0.4, -0.2) is 35.4 Å². The van der Waals surface area contributed by atoms with Crippen molar-refractivity contribution < 1.29 is 4.79 Å². The Morgan fingerprint density at radius 3 is 2.90 bits per heavy atom. The van der Waals surface area contributed by atoms with E-state index >= 15 is 0 Å². The third kappa shape index (κ3) is 4.47. The van der Waals surface area contributed by atoms with E-state index in [-0.39, 0.29) is 12.2 Å². The minimum Gasteiger partial charge on any atom is -0.321 e.